The zero-order valence-corrected chi connectivity index (χ0v) is 18.0. The second kappa shape index (κ2) is 11.6. The molecule has 0 aliphatic carbocycles. The molecular formula is C21H21Cl2FN2O5. The molecule has 10 heteroatoms. The highest BCUT2D eigenvalue weighted by atomic mass is 35.5. The van der Waals surface area contributed by atoms with Gasteiger partial charge in [0.2, 0.25) is 5.91 Å². The number of rotatable bonds is 9. The van der Waals surface area contributed by atoms with E-state index >= 15 is 0 Å². The van der Waals surface area contributed by atoms with Crippen LogP contribution in [0.25, 0.3) is 0 Å². The Balaban J connectivity index is 1.71. The van der Waals surface area contributed by atoms with E-state index in [0.29, 0.717) is 21.2 Å². The summed E-state index contributed by atoms with van der Waals surface area (Å²) >= 11 is 11.7. The van der Waals surface area contributed by atoms with Gasteiger partial charge in [-0.05, 0) is 48.4 Å². The van der Waals surface area contributed by atoms with Crippen LogP contribution in [0.5, 0.6) is 0 Å². The summed E-state index contributed by atoms with van der Waals surface area (Å²) in [6, 6.07) is 9.86. The smallest absolute Gasteiger partial charge is 0.335 e. The zero-order valence-electron chi connectivity index (χ0n) is 16.5. The summed E-state index contributed by atoms with van der Waals surface area (Å²) in [7, 11) is 0. The second-order valence-corrected chi connectivity index (χ2v) is 7.60. The highest BCUT2D eigenvalue weighted by Crippen LogP contribution is 2.20. The molecule has 3 N–H and O–H groups in total. The number of aliphatic hydroxyl groups excluding tert-OH is 1. The van der Waals surface area contributed by atoms with Gasteiger partial charge >= 0.3 is 5.97 Å². The number of hydrogen-bond donors (Lipinski definition) is 3. The minimum atomic E-state index is -1.51. The monoisotopic (exact) mass is 470 g/mol. The van der Waals surface area contributed by atoms with Crippen LogP contribution in [-0.4, -0.2) is 42.1 Å². The van der Waals surface area contributed by atoms with Crippen LogP contribution in [0.15, 0.2) is 42.5 Å². The molecule has 0 radical (unpaired) electrons. The van der Waals surface area contributed by atoms with Crippen LogP contribution < -0.4 is 10.6 Å². The van der Waals surface area contributed by atoms with E-state index in [-0.39, 0.29) is 18.8 Å². The summed E-state index contributed by atoms with van der Waals surface area (Å²) in [6.07, 6.45) is -1.60. The minimum Gasteiger partial charge on any atom is -0.454 e. The van der Waals surface area contributed by atoms with Gasteiger partial charge in [-0.2, -0.15) is 0 Å². The van der Waals surface area contributed by atoms with Gasteiger partial charge < -0.3 is 20.5 Å². The number of halogens is 3. The van der Waals surface area contributed by atoms with Crippen molar-refractivity contribution in [1.29, 1.82) is 0 Å². The average molecular weight is 471 g/mol. The molecule has 0 aromatic heterocycles. The van der Waals surface area contributed by atoms with E-state index in [0.717, 1.165) is 0 Å². The molecule has 31 heavy (non-hydrogen) atoms. The molecule has 2 unspecified atom stereocenters. The fourth-order valence-electron chi connectivity index (χ4n) is 2.63. The second-order valence-electron chi connectivity index (χ2n) is 6.72. The first-order valence-corrected chi connectivity index (χ1v) is 10.0. The molecule has 0 spiro atoms. The summed E-state index contributed by atoms with van der Waals surface area (Å²) in [6.45, 7) is 0.710. The molecule has 0 fully saturated rings. The standard InChI is InChI=1S/C21H21Cl2FN2O5/c1-12(14-2-4-17(24)5-3-14)26-19(28)10-25-20(29)11-31-21(30)18(27)8-13-6-15(22)9-16(23)7-13/h2-7,9,12,18,27H,8,10-11H2,1H3,(H,25,29)(H,26,28). The Morgan fingerprint density at radius 3 is 2.29 bits per heavy atom. The van der Waals surface area contributed by atoms with Gasteiger partial charge in [0.05, 0.1) is 12.6 Å². The van der Waals surface area contributed by atoms with Crippen molar-refractivity contribution in [3.05, 3.63) is 69.5 Å². The number of esters is 1. The molecule has 0 heterocycles. The fourth-order valence-corrected chi connectivity index (χ4v) is 3.20. The van der Waals surface area contributed by atoms with Crippen LogP contribution in [0, 0.1) is 5.82 Å². The third kappa shape index (κ3) is 8.53. The van der Waals surface area contributed by atoms with E-state index < -0.39 is 36.5 Å². The summed E-state index contributed by atoms with van der Waals surface area (Å²) in [5.41, 5.74) is 1.23. The van der Waals surface area contributed by atoms with Crippen molar-refractivity contribution < 1.29 is 28.6 Å². The average Bonchev–Trinajstić information content (AvgIpc) is 2.70. The predicted molar refractivity (Wildman–Crippen MR) is 113 cm³/mol. The summed E-state index contributed by atoms with van der Waals surface area (Å²) < 4.78 is 17.7. The van der Waals surface area contributed by atoms with Crippen molar-refractivity contribution in [2.24, 2.45) is 0 Å². The number of nitrogens with one attached hydrogen (secondary N) is 2. The van der Waals surface area contributed by atoms with Gasteiger partial charge in [-0.1, -0.05) is 35.3 Å². The molecule has 2 amide bonds. The van der Waals surface area contributed by atoms with Gasteiger partial charge in [-0.3, -0.25) is 9.59 Å². The van der Waals surface area contributed by atoms with Gasteiger partial charge in [-0.15, -0.1) is 0 Å². The normalized spacial score (nSPS) is 12.5. The van der Waals surface area contributed by atoms with Gasteiger partial charge in [0.1, 0.15) is 5.82 Å². The Hall–Kier alpha value is -2.68. The van der Waals surface area contributed by atoms with Crippen molar-refractivity contribution in [3.8, 4) is 0 Å². The van der Waals surface area contributed by atoms with Gasteiger partial charge in [-0.25, -0.2) is 9.18 Å². The first-order valence-electron chi connectivity index (χ1n) is 9.25. The number of carbonyl (C=O) groups is 3. The number of hydrogen-bond acceptors (Lipinski definition) is 5. The highest BCUT2D eigenvalue weighted by Gasteiger charge is 2.19. The lowest BCUT2D eigenvalue weighted by Crippen LogP contribution is -2.40. The van der Waals surface area contributed by atoms with Crippen LogP contribution in [-0.2, 0) is 25.5 Å². The lowest BCUT2D eigenvalue weighted by molar-refractivity contribution is -0.156. The van der Waals surface area contributed by atoms with E-state index in [1.165, 1.54) is 18.2 Å². The summed E-state index contributed by atoms with van der Waals surface area (Å²) in [5, 5.41) is 15.6. The van der Waals surface area contributed by atoms with Gasteiger partial charge in [0, 0.05) is 16.5 Å². The van der Waals surface area contributed by atoms with Gasteiger partial charge in [0.15, 0.2) is 12.7 Å². The molecule has 0 bridgehead atoms. The molecule has 0 saturated heterocycles. The Morgan fingerprint density at radius 2 is 1.68 bits per heavy atom. The topological polar surface area (TPSA) is 105 Å². The van der Waals surface area contributed by atoms with Crippen LogP contribution in [0.4, 0.5) is 4.39 Å². The Labute approximate surface area is 188 Å². The quantitative estimate of drug-likeness (QED) is 0.488. The third-order valence-corrected chi connectivity index (χ3v) is 4.60. The van der Waals surface area contributed by atoms with Crippen LogP contribution >= 0.6 is 23.2 Å². The molecule has 2 atom stereocenters. The van der Waals surface area contributed by atoms with Crippen molar-refractivity contribution in [2.75, 3.05) is 13.2 Å². The van der Waals surface area contributed by atoms with Crippen molar-refractivity contribution in [3.63, 3.8) is 0 Å². The molecule has 0 saturated carbocycles. The van der Waals surface area contributed by atoms with Crippen LogP contribution in [0.1, 0.15) is 24.1 Å². The molecule has 2 aromatic carbocycles. The largest absolute Gasteiger partial charge is 0.454 e. The molecule has 166 valence electrons. The number of benzene rings is 2. The maximum Gasteiger partial charge on any atom is 0.335 e. The number of aliphatic hydroxyl groups is 1. The third-order valence-electron chi connectivity index (χ3n) is 4.16. The highest BCUT2D eigenvalue weighted by molar-refractivity contribution is 6.34. The molecule has 2 aromatic rings. The van der Waals surface area contributed by atoms with Crippen LogP contribution in [0.3, 0.4) is 0 Å². The van der Waals surface area contributed by atoms with E-state index in [1.54, 1.807) is 31.2 Å². The van der Waals surface area contributed by atoms with Crippen molar-refractivity contribution in [2.45, 2.75) is 25.5 Å². The molecule has 7 nitrogen and oxygen atoms in total. The van der Waals surface area contributed by atoms with Crippen molar-refractivity contribution in [1.82, 2.24) is 10.6 Å². The Kier molecular flexibility index (Phi) is 9.23. The summed E-state index contributed by atoms with van der Waals surface area (Å²) in [4.78, 5) is 35.6. The van der Waals surface area contributed by atoms with E-state index in [9.17, 15) is 23.9 Å². The SMILES string of the molecule is CC(NC(=O)CNC(=O)COC(=O)C(O)Cc1cc(Cl)cc(Cl)c1)c1ccc(F)cc1. The first kappa shape index (κ1) is 24.6. The lowest BCUT2D eigenvalue weighted by atomic mass is 10.1. The minimum absolute atomic E-state index is 0.0928. The summed E-state index contributed by atoms with van der Waals surface area (Å²) in [5.74, 6) is -2.57. The first-order chi connectivity index (χ1) is 14.6. The van der Waals surface area contributed by atoms with Crippen molar-refractivity contribution >= 4 is 41.0 Å². The lowest BCUT2D eigenvalue weighted by Gasteiger charge is -2.15. The number of amides is 2. The van der Waals surface area contributed by atoms with Crippen LogP contribution in [0.2, 0.25) is 10.0 Å². The fraction of sp³-hybridized carbons (Fsp3) is 0.286. The molecule has 0 aliphatic heterocycles. The number of carbonyl (C=O) groups excluding carboxylic acids is 3. The van der Waals surface area contributed by atoms with E-state index in [4.69, 9.17) is 27.9 Å². The van der Waals surface area contributed by atoms with E-state index in [2.05, 4.69) is 10.6 Å². The predicted octanol–water partition coefficient (Wildman–Crippen LogP) is 2.57. The van der Waals surface area contributed by atoms with Gasteiger partial charge in [0.25, 0.3) is 5.91 Å². The Bertz CT molecular complexity index is 920. The maximum absolute atomic E-state index is 12.9. The molecule has 0 aliphatic rings. The zero-order chi connectivity index (χ0) is 23.0. The maximum atomic E-state index is 12.9. The molecular weight excluding hydrogens is 450 g/mol. The Morgan fingerprint density at radius 1 is 1.06 bits per heavy atom. The number of ether oxygens (including phenoxy) is 1. The molecule has 2 rings (SSSR count). The van der Waals surface area contributed by atoms with E-state index in [1.807, 2.05) is 0 Å².